The van der Waals surface area contributed by atoms with Gasteiger partial charge in [-0.1, -0.05) is 19.3 Å². The summed E-state index contributed by atoms with van der Waals surface area (Å²) < 4.78 is 4.63. The highest BCUT2D eigenvalue weighted by Gasteiger charge is 2.63. The summed E-state index contributed by atoms with van der Waals surface area (Å²) >= 11 is 0. The number of aliphatic carboxylic acids is 1. The quantitative estimate of drug-likeness (QED) is 0.577. The fraction of sp³-hybridized carbons (Fsp3) is 0.833. The average Bonchev–Trinajstić information content (AvgIpc) is 2.25. The highest BCUT2D eigenvalue weighted by molar-refractivity contribution is 6.00. The molecule has 0 radical (unpaired) electrons. The fourth-order valence-electron chi connectivity index (χ4n) is 3.46. The molecule has 4 nitrogen and oxygen atoms in total. The van der Waals surface area contributed by atoms with Gasteiger partial charge in [0.15, 0.2) is 5.41 Å². The first-order valence-corrected chi connectivity index (χ1v) is 5.87. The van der Waals surface area contributed by atoms with Gasteiger partial charge in [-0.15, -0.1) is 0 Å². The van der Waals surface area contributed by atoms with E-state index < -0.39 is 17.4 Å². The molecule has 0 aromatic heterocycles. The Balaban J connectivity index is 2.11. The highest BCUT2D eigenvalue weighted by atomic mass is 16.5. The zero-order chi connectivity index (χ0) is 11.8. The Morgan fingerprint density at radius 2 is 1.69 bits per heavy atom. The van der Waals surface area contributed by atoms with Gasteiger partial charge in [0.25, 0.3) is 0 Å². The summed E-state index contributed by atoms with van der Waals surface area (Å²) in [6.07, 6.45) is 6.65. The Labute approximate surface area is 95.0 Å². The molecule has 1 spiro atoms. The molecule has 0 aromatic rings. The predicted molar refractivity (Wildman–Crippen MR) is 56.8 cm³/mol. The van der Waals surface area contributed by atoms with Gasteiger partial charge in [0.2, 0.25) is 0 Å². The first kappa shape index (κ1) is 11.4. The van der Waals surface area contributed by atoms with Gasteiger partial charge >= 0.3 is 11.9 Å². The van der Waals surface area contributed by atoms with E-state index in [-0.39, 0.29) is 5.41 Å². The van der Waals surface area contributed by atoms with Gasteiger partial charge < -0.3 is 9.84 Å². The number of hydrogen-bond acceptors (Lipinski definition) is 3. The molecule has 2 aliphatic rings. The second-order valence-electron chi connectivity index (χ2n) is 5.29. The van der Waals surface area contributed by atoms with E-state index in [9.17, 15) is 14.7 Å². The van der Waals surface area contributed by atoms with Crippen molar-refractivity contribution in [2.24, 2.45) is 10.8 Å². The number of methoxy groups -OCH3 is 1. The molecule has 0 aliphatic heterocycles. The van der Waals surface area contributed by atoms with Crippen molar-refractivity contribution in [3.63, 3.8) is 0 Å². The van der Waals surface area contributed by atoms with Crippen molar-refractivity contribution in [2.45, 2.75) is 44.9 Å². The second kappa shape index (κ2) is 3.75. The Hall–Kier alpha value is -1.06. The van der Waals surface area contributed by atoms with Crippen LogP contribution in [-0.4, -0.2) is 24.2 Å². The summed E-state index contributed by atoms with van der Waals surface area (Å²) in [5, 5.41) is 9.20. The van der Waals surface area contributed by atoms with Crippen LogP contribution in [0.25, 0.3) is 0 Å². The average molecular weight is 226 g/mol. The lowest BCUT2D eigenvalue weighted by molar-refractivity contribution is -0.188. The van der Waals surface area contributed by atoms with Crippen LogP contribution in [0.15, 0.2) is 0 Å². The maximum Gasteiger partial charge on any atom is 0.323 e. The number of carbonyl (C=O) groups is 2. The van der Waals surface area contributed by atoms with E-state index in [1.54, 1.807) is 0 Å². The van der Waals surface area contributed by atoms with Crippen LogP contribution in [0, 0.1) is 10.8 Å². The Kier molecular flexibility index (Phi) is 2.68. The third-order valence-electron chi connectivity index (χ3n) is 4.25. The smallest absolute Gasteiger partial charge is 0.323 e. The van der Waals surface area contributed by atoms with Gasteiger partial charge in [0.1, 0.15) is 0 Å². The summed E-state index contributed by atoms with van der Waals surface area (Å²) in [7, 11) is 1.26. The van der Waals surface area contributed by atoms with E-state index in [1.807, 2.05) is 0 Å². The molecule has 16 heavy (non-hydrogen) atoms. The van der Waals surface area contributed by atoms with E-state index in [0.29, 0.717) is 12.8 Å². The summed E-state index contributed by atoms with van der Waals surface area (Å²) in [4.78, 5) is 22.8. The normalized spacial score (nSPS) is 25.8. The van der Waals surface area contributed by atoms with Crippen molar-refractivity contribution in [1.82, 2.24) is 0 Å². The van der Waals surface area contributed by atoms with Crippen molar-refractivity contribution >= 4 is 11.9 Å². The first-order chi connectivity index (χ1) is 7.55. The molecule has 90 valence electrons. The molecule has 2 saturated carbocycles. The minimum Gasteiger partial charge on any atom is -0.480 e. The van der Waals surface area contributed by atoms with E-state index in [2.05, 4.69) is 4.74 Å². The second-order valence-corrected chi connectivity index (χ2v) is 5.29. The predicted octanol–water partition coefficient (Wildman–Crippen LogP) is 1.97. The summed E-state index contributed by atoms with van der Waals surface area (Å²) in [6, 6.07) is 0. The van der Waals surface area contributed by atoms with Crippen LogP contribution in [-0.2, 0) is 14.3 Å². The van der Waals surface area contributed by atoms with Gasteiger partial charge in [-0.2, -0.15) is 0 Å². The minimum absolute atomic E-state index is 0.116. The largest absolute Gasteiger partial charge is 0.480 e. The van der Waals surface area contributed by atoms with Crippen LogP contribution < -0.4 is 0 Å². The Bertz CT molecular complexity index is 307. The van der Waals surface area contributed by atoms with Gasteiger partial charge in [0.05, 0.1) is 7.11 Å². The highest BCUT2D eigenvalue weighted by Crippen LogP contribution is 2.61. The Morgan fingerprint density at radius 1 is 1.12 bits per heavy atom. The van der Waals surface area contributed by atoms with Crippen LogP contribution >= 0.6 is 0 Å². The van der Waals surface area contributed by atoms with Crippen molar-refractivity contribution in [1.29, 1.82) is 0 Å². The molecule has 0 heterocycles. The SMILES string of the molecule is COC(=O)C1(C(=O)O)CC2(CCCCC2)C1. The zero-order valence-corrected chi connectivity index (χ0v) is 9.62. The number of carbonyl (C=O) groups excluding carboxylic acids is 1. The lowest BCUT2D eigenvalue weighted by atomic mass is 9.48. The minimum atomic E-state index is -1.24. The molecule has 2 rings (SSSR count). The van der Waals surface area contributed by atoms with Crippen LogP contribution in [0.1, 0.15) is 44.9 Å². The number of hydrogen-bond donors (Lipinski definition) is 1. The third kappa shape index (κ3) is 1.51. The molecule has 2 fully saturated rings. The maximum absolute atomic E-state index is 11.6. The molecule has 0 saturated heterocycles. The summed E-state index contributed by atoms with van der Waals surface area (Å²) in [5.41, 5.74) is -1.13. The van der Waals surface area contributed by atoms with Crippen molar-refractivity contribution in [3.05, 3.63) is 0 Å². The third-order valence-corrected chi connectivity index (χ3v) is 4.25. The van der Waals surface area contributed by atoms with Gasteiger partial charge in [-0.3, -0.25) is 9.59 Å². The molecule has 0 amide bonds. The first-order valence-electron chi connectivity index (χ1n) is 5.87. The van der Waals surface area contributed by atoms with Crippen LogP contribution in [0.2, 0.25) is 0 Å². The molecule has 0 unspecified atom stereocenters. The Morgan fingerprint density at radius 3 is 2.12 bits per heavy atom. The summed E-state index contributed by atoms with van der Waals surface area (Å²) in [6.45, 7) is 0. The number of rotatable bonds is 2. The number of ether oxygens (including phenoxy) is 1. The zero-order valence-electron chi connectivity index (χ0n) is 9.62. The molecule has 0 aromatic carbocycles. The van der Waals surface area contributed by atoms with Crippen molar-refractivity contribution in [3.8, 4) is 0 Å². The standard InChI is InChI=1S/C12H18O4/c1-16-10(15)12(9(13)14)7-11(8-12)5-3-2-4-6-11/h2-8H2,1H3,(H,13,14). The molecule has 2 aliphatic carbocycles. The van der Waals surface area contributed by atoms with Gasteiger partial charge in [0, 0.05) is 0 Å². The van der Waals surface area contributed by atoms with E-state index >= 15 is 0 Å². The number of carboxylic acids is 1. The number of carboxylic acid groups (broad SMARTS) is 1. The lowest BCUT2D eigenvalue weighted by Crippen LogP contribution is -2.56. The molecule has 1 N–H and O–H groups in total. The van der Waals surface area contributed by atoms with Gasteiger partial charge in [-0.25, -0.2) is 0 Å². The monoisotopic (exact) mass is 226 g/mol. The molecule has 0 bridgehead atoms. The molecular formula is C12H18O4. The van der Waals surface area contributed by atoms with Crippen molar-refractivity contribution < 1.29 is 19.4 Å². The lowest BCUT2D eigenvalue weighted by Gasteiger charge is -2.54. The fourth-order valence-corrected chi connectivity index (χ4v) is 3.46. The van der Waals surface area contributed by atoms with Crippen LogP contribution in [0.5, 0.6) is 0 Å². The van der Waals surface area contributed by atoms with E-state index in [1.165, 1.54) is 13.5 Å². The van der Waals surface area contributed by atoms with Crippen LogP contribution in [0.4, 0.5) is 0 Å². The van der Waals surface area contributed by atoms with Gasteiger partial charge in [-0.05, 0) is 31.1 Å². The summed E-state index contributed by atoms with van der Waals surface area (Å²) in [5.74, 6) is -1.59. The topological polar surface area (TPSA) is 63.6 Å². The molecule has 0 atom stereocenters. The van der Waals surface area contributed by atoms with E-state index in [4.69, 9.17) is 0 Å². The van der Waals surface area contributed by atoms with Crippen molar-refractivity contribution in [2.75, 3.05) is 7.11 Å². The van der Waals surface area contributed by atoms with E-state index in [0.717, 1.165) is 25.7 Å². The number of esters is 1. The maximum atomic E-state index is 11.6. The molecule has 4 heteroatoms. The van der Waals surface area contributed by atoms with Crippen LogP contribution in [0.3, 0.4) is 0 Å². The molecular weight excluding hydrogens is 208 g/mol.